The van der Waals surface area contributed by atoms with Gasteiger partial charge >= 0.3 is 6.18 Å². The molecule has 2 aliphatic carbocycles. The van der Waals surface area contributed by atoms with Crippen LogP contribution in [0.1, 0.15) is 43.7 Å². The third kappa shape index (κ3) is 2.63. The first-order valence-corrected chi connectivity index (χ1v) is 8.90. The first-order valence-electron chi connectivity index (χ1n) is 8.90. The molecule has 0 unspecified atom stereocenters. The summed E-state index contributed by atoms with van der Waals surface area (Å²) in [6, 6.07) is 3.97. The van der Waals surface area contributed by atoms with Crippen molar-refractivity contribution in [2.45, 2.75) is 50.7 Å². The highest BCUT2D eigenvalue weighted by atomic mass is 19.4. The summed E-state index contributed by atoms with van der Waals surface area (Å²) < 4.78 is 59.5. The standard InChI is InChI=1S/C19H20F4N2O2/c1-16(17(4-5-17)10-27-15(24)25-16)12-8-11(2-3-13(12)20)9-14(26)18(6-7-18)19(21,22)23/h2-3,8H,4-7,9-10H2,1H3,(H2,24,25)/t16-/m1/s1. The number of carbonyl (C=O) groups is 1. The van der Waals surface area contributed by atoms with Gasteiger partial charge in [-0.2, -0.15) is 13.2 Å². The average molecular weight is 384 g/mol. The summed E-state index contributed by atoms with van der Waals surface area (Å²) in [6.45, 7) is 2.08. The summed E-state index contributed by atoms with van der Waals surface area (Å²) in [7, 11) is 0. The first-order chi connectivity index (χ1) is 12.5. The molecule has 2 saturated carbocycles. The van der Waals surface area contributed by atoms with Crippen molar-refractivity contribution in [2.75, 3.05) is 6.61 Å². The molecule has 0 aromatic heterocycles. The van der Waals surface area contributed by atoms with Crippen LogP contribution in [0.25, 0.3) is 0 Å². The topological polar surface area (TPSA) is 64.7 Å². The maximum atomic E-state index is 14.7. The zero-order valence-electron chi connectivity index (χ0n) is 14.8. The van der Waals surface area contributed by atoms with Crippen LogP contribution in [0.3, 0.4) is 0 Å². The van der Waals surface area contributed by atoms with Crippen LogP contribution in [0.15, 0.2) is 23.2 Å². The lowest BCUT2D eigenvalue weighted by atomic mass is 9.76. The molecule has 0 bridgehead atoms. The van der Waals surface area contributed by atoms with Gasteiger partial charge in [-0.25, -0.2) is 9.38 Å². The fourth-order valence-corrected chi connectivity index (χ4v) is 4.11. The van der Waals surface area contributed by atoms with Gasteiger partial charge in [0, 0.05) is 17.4 Å². The molecule has 2 N–H and O–H groups in total. The number of halogens is 4. The number of benzene rings is 1. The van der Waals surface area contributed by atoms with Gasteiger partial charge in [0.05, 0.1) is 12.1 Å². The molecule has 3 aliphatic rings. The molecule has 146 valence electrons. The summed E-state index contributed by atoms with van der Waals surface area (Å²) in [6.07, 6.45) is -3.70. The van der Waals surface area contributed by atoms with E-state index in [1.807, 2.05) is 0 Å². The number of aliphatic imine (C=N–C) groups is 1. The number of alkyl halides is 3. The Balaban J connectivity index is 1.67. The predicted octanol–water partition coefficient (Wildman–Crippen LogP) is 3.62. The highest BCUT2D eigenvalue weighted by molar-refractivity contribution is 5.90. The third-order valence-electron chi connectivity index (χ3n) is 6.46. The molecule has 2 fully saturated rings. The van der Waals surface area contributed by atoms with Crippen molar-refractivity contribution in [1.29, 1.82) is 0 Å². The van der Waals surface area contributed by atoms with Crippen molar-refractivity contribution in [3.63, 3.8) is 0 Å². The Morgan fingerprint density at radius 1 is 1.26 bits per heavy atom. The quantitative estimate of drug-likeness (QED) is 0.807. The van der Waals surface area contributed by atoms with Gasteiger partial charge in [0.2, 0.25) is 0 Å². The van der Waals surface area contributed by atoms with Gasteiger partial charge in [-0.05, 0) is 50.3 Å². The Morgan fingerprint density at radius 2 is 1.93 bits per heavy atom. The van der Waals surface area contributed by atoms with Crippen LogP contribution >= 0.6 is 0 Å². The lowest BCUT2D eigenvalue weighted by Crippen LogP contribution is -2.44. The van der Waals surface area contributed by atoms with Crippen LogP contribution < -0.4 is 5.73 Å². The number of amidine groups is 1. The second-order valence-corrected chi connectivity index (χ2v) is 8.09. The molecule has 1 aromatic rings. The minimum Gasteiger partial charge on any atom is -0.465 e. The van der Waals surface area contributed by atoms with Crippen LogP contribution in [0, 0.1) is 16.6 Å². The number of ether oxygens (including phenoxy) is 1. The van der Waals surface area contributed by atoms with Crippen molar-refractivity contribution in [3.05, 3.63) is 35.1 Å². The van der Waals surface area contributed by atoms with Crippen LogP contribution in [-0.4, -0.2) is 24.6 Å². The molecule has 0 amide bonds. The zero-order chi connectivity index (χ0) is 19.7. The number of hydrogen-bond acceptors (Lipinski definition) is 4. The van der Waals surface area contributed by atoms with Crippen LogP contribution in [0.5, 0.6) is 0 Å². The second-order valence-electron chi connectivity index (χ2n) is 8.09. The van der Waals surface area contributed by atoms with E-state index in [9.17, 15) is 22.4 Å². The smallest absolute Gasteiger partial charge is 0.401 e. The van der Waals surface area contributed by atoms with Crippen LogP contribution in [0.2, 0.25) is 0 Å². The number of carbonyl (C=O) groups excluding carboxylic acids is 1. The largest absolute Gasteiger partial charge is 0.465 e. The van der Waals surface area contributed by atoms with E-state index >= 15 is 0 Å². The number of nitrogens with zero attached hydrogens (tertiary/aromatic N) is 1. The molecule has 1 aliphatic heterocycles. The fourth-order valence-electron chi connectivity index (χ4n) is 4.11. The summed E-state index contributed by atoms with van der Waals surface area (Å²) in [5, 5.41) is 0. The minimum atomic E-state index is -4.55. The maximum Gasteiger partial charge on any atom is 0.401 e. The number of ketones is 1. The molecule has 1 heterocycles. The van der Waals surface area contributed by atoms with E-state index in [4.69, 9.17) is 10.5 Å². The number of Topliss-reactive ketones (excluding diaryl/α,β-unsaturated/α-hetero) is 1. The molecule has 8 heteroatoms. The summed E-state index contributed by atoms with van der Waals surface area (Å²) >= 11 is 0. The highest BCUT2D eigenvalue weighted by Crippen LogP contribution is 2.62. The minimum absolute atomic E-state index is 0.0371. The van der Waals surface area contributed by atoms with E-state index in [-0.39, 0.29) is 36.3 Å². The lowest BCUT2D eigenvalue weighted by Gasteiger charge is -2.39. The summed E-state index contributed by atoms with van der Waals surface area (Å²) in [5.74, 6) is -1.38. The molecule has 4 nitrogen and oxygen atoms in total. The fraction of sp³-hybridized carbons (Fsp3) is 0.579. The number of nitrogens with two attached hydrogens (primary N) is 1. The summed E-state index contributed by atoms with van der Waals surface area (Å²) in [5.41, 5.74) is 2.72. The normalized spacial score (nSPS) is 27.7. The molecular formula is C19H20F4N2O2. The molecule has 0 radical (unpaired) electrons. The molecule has 4 rings (SSSR count). The Hall–Kier alpha value is -2.12. The van der Waals surface area contributed by atoms with Gasteiger partial charge < -0.3 is 10.5 Å². The van der Waals surface area contributed by atoms with Gasteiger partial charge in [0.15, 0.2) is 5.78 Å². The molecule has 1 atom stereocenters. The molecule has 1 aromatic carbocycles. The van der Waals surface area contributed by atoms with E-state index in [1.54, 1.807) is 6.92 Å². The van der Waals surface area contributed by atoms with E-state index in [0.717, 1.165) is 12.8 Å². The molecule has 1 spiro atoms. The Morgan fingerprint density at radius 3 is 2.48 bits per heavy atom. The van der Waals surface area contributed by atoms with Crippen molar-refractivity contribution in [3.8, 4) is 0 Å². The highest BCUT2D eigenvalue weighted by Gasteiger charge is 2.67. The van der Waals surface area contributed by atoms with Gasteiger partial charge in [-0.15, -0.1) is 0 Å². The number of rotatable bonds is 4. The van der Waals surface area contributed by atoms with E-state index in [2.05, 4.69) is 4.99 Å². The first kappa shape index (κ1) is 18.3. The van der Waals surface area contributed by atoms with Gasteiger partial charge in [0.25, 0.3) is 6.02 Å². The SMILES string of the molecule is C[C@]1(c2cc(CC(=O)C3(C(F)(F)F)CC3)ccc2F)N=C(N)OCC12CC2. The third-order valence-corrected chi connectivity index (χ3v) is 6.46. The molecular weight excluding hydrogens is 364 g/mol. The maximum absolute atomic E-state index is 14.7. The van der Waals surface area contributed by atoms with Gasteiger partial charge in [0.1, 0.15) is 11.2 Å². The lowest BCUT2D eigenvalue weighted by molar-refractivity contribution is -0.190. The zero-order valence-corrected chi connectivity index (χ0v) is 14.8. The van der Waals surface area contributed by atoms with Crippen molar-refractivity contribution >= 4 is 11.8 Å². The Kier molecular flexibility index (Phi) is 3.69. The van der Waals surface area contributed by atoms with Crippen LogP contribution in [-0.2, 0) is 21.5 Å². The van der Waals surface area contributed by atoms with Crippen molar-refractivity contribution < 1.29 is 27.1 Å². The van der Waals surface area contributed by atoms with Gasteiger partial charge in [-0.1, -0.05) is 6.07 Å². The Labute approximate surface area is 153 Å². The second kappa shape index (κ2) is 5.45. The predicted molar refractivity (Wildman–Crippen MR) is 89.4 cm³/mol. The van der Waals surface area contributed by atoms with Gasteiger partial charge in [-0.3, -0.25) is 4.79 Å². The number of hydrogen-bond donors (Lipinski definition) is 1. The van der Waals surface area contributed by atoms with Crippen molar-refractivity contribution in [1.82, 2.24) is 0 Å². The van der Waals surface area contributed by atoms with Crippen molar-refractivity contribution in [2.24, 2.45) is 21.6 Å². The molecule has 0 saturated heterocycles. The summed E-state index contributed by atoms with van der Waals surface area (Å²) in [4.78, 5) is 16.7. The average Bonchev–Trinajstić information content (AvgIpc) is 3.46. The van der Waals surface area contributed by atoms with Crippen LogP contribution in [0.4, 0.5) is 17.6 Å². The van der Waals surface area contributed by atoms with E-state index in [1.165, 1.54) is 18.2 Å². The monoisotopic (exact) mass is 384 g/mol. The molecule has 27 heavy (non-hydrogen) atoms. The van der Waals surface area contributed by atoms with E-state index in [0.29, 0.717) is 12.2 Å². The van der Waals surface area contributed by atoms with E-state index < -0.39 is 28.7 Å². The Bertz CT molecular complexity index is 841.